The summed E-state index contributed by atoms with van der Waals surface area (Å²) in [7, 11) is 0. The summed E-state index contributed by atoms with van der Waals surface area (Å²) in [5.74, 6) is -1.51. The first-order valence-electron chi connectivity index (χ1n) is 6.55. The van der Waals surface area contributed by atoms with Crippen molar-refractivity contribution in [3.05, 3.63) is 64.8 Å². The molecular formula is C16H9N2O3S2-. The SMILES string of the molecule is O=C([O-])c1ccc(N2C(=O)/C(=C\c3cccnc3)SC2=S)cc1. The Hall–Kier alpha value is -2.51. The third-order valence-corrected chi connectivity index (χ3v) is 4.44. The minimum atomic E-state index is -1.27. The number of aromatic nitrogens is 1. The minimum Gasteiger partial charge on any atom is -0.545 e. The Labute approximate surface area is 141 Å². The topological polar surface area (TPSA) is 73.3 Å². The van der Waals surface area contributed by atoms with Crippen molar-refractivity contribution in [2.24, 2.45) is 0 Å². The molecular weight excluding hydrogens is 332 g/mol. The quantitative estimate of drug-likeness (QED) is 0.627. The summed E-state index contributed by atoms with van der Waals surface area (Å²) in [6.07, 6.45) is 5.03. The highest BCUT2D eigenvalue weighted by molar-refractivity contribution is 8.27. The van der Waals surface area contributed by atoms with Crippen molar-refractivity contribution in [2.45, 2.75) is 0 Å². The standard InChI is InChI=1S/C16H10N2O3S2/c19-14-13(8-10-2-1-7-17-9-10)23-16(22)18(14)12-5-3-11(4-6-12)15(20)21/h1-9H,(H,20,21)/p-1/b13-8+. The number of thioether (sulfide) groups is 1. The van der Waals surface area contributed by atoms with Gasteiger partial charge in [-0.05, 0) is 35.4 Å². The molecule has 1 saturated heterocycles. The van der Waals surface area contributed by atoms with E-state index in [0.29, 0.717) is 14.9 Å². The number of carboxylic acid groups (broad SMARTS) is 1. The number of pyridine rings is 1. The van der Waals surface area contributed by atoms with Gasteiger partial charge in [-0.2, -0.15) is 0 Å². The van der Waals surface area contributed by atoms with Gasteiger partial charge in [0.25, 0.3) is 5.91 Å². The summed E-state index contributed by atoms with van der Waals surface area (Å²) in [6, 6.07) is 9.45. The zero-order valence-corrected chi connectivity index (χ0v) is 13.3. The van der Waals surface area contributed by atoms with Gasteiger partial charge in [-0.25, -0.2) is 0 Å². The number of nitrogens with zero attached hydrogens (tertiary/aromatic N) is 2. The van der Waals surface area contributed by atoms with Gasteiger partial charge in [0, 0.05) is 12.4 Å². The highest BCUT2D eigenvalue weighted by Gasteiger charge is 2.33. The number of anilines is 1. The molecule has 0 unspecified atom stereocenters. The molecule has 1 aliphatic heterocycles. The molecule has 3 rings (SSSR count). The maximum Gasteiger partial charge on any atom is 0.270 e. The molecule has 0 atom stereocenters. The van der Waals surface area contributed by atoms with E-state index in [4.69, 9.17) is 12.2 Å². The first-order chi connectivity index (χ1) is 11.1. The van der Waals surface area contributed by atoms with Crippen molar-refractivity contribution < 1.29 is 14.7 Å². The summed E-state index contributed by atoms with van der Waals surface area (Å²) in [5.41, 5.74) is 1.37. The molecule has 0 aliphatic carbocycles. The van der Waals surface area contributed by atoms with Crippen molar-refractivity contribution in [3.63, 3.8) is 0 Å². The fraction of sp³-hybridized carbons (Fsp3) is 0. The second-order valence-corrected chi connectivity index (χ2v) is 6.31. The molecule has 1 aromatic carbocycles. The lowest BCUT2D eigenvalue weighted by Crippen LogP contribution is -2.28. The number of carbonyl (C=O) groups is 2. The molecule has 1 aromatic heterocycles. The Balaban J connectivity index is 1.90. The van der Waals surface area contributed by atoms with Crippen LogP contribution in [0.5, 0.6) is 0 Å². The molecule has 2 aromatic rings. The Morgan fingerprint density at radius 1 is 1.26 bits per heavy atom. The number of amides is 1. The smallest absolute Gasteiger partial charge is 0.270 e. The number of benzene rings is 1. The average Bonchev–Trinajstić information content (AvgIpc) is 2.82. The molecule has 0 saturated carbocycles. The Kier molecular flexibility index (Phi) is 4.22. The second-order valence-electron chi connectivity index (χ2n) is 4.64. The molecule has 0 spiro atoms. The maximum absolute atomic E-state index is 12.5. The van der Waals surface area contributed by atoms with Crippen LogP contribution in [0.4, 0.5) is 5.69 Å². The summed E-state index contributed by atoms with van der Waals surface area (Å²) in [5, 5.41) is 10.8. The molecule has 0 N–H and O–H groups in total. The molecule has 2 heterocycles. The molecule has 5 nitrogen and oxygen atoms in total. The first-order valence-corrected chi connectivity index (χ1v) is 7.78. The highest BCUT2D eigenvalue weighted by Crippen LogP contribution is 2.35. The van der Waals surface area contributed by atoms with Gasteiger partial charge >= 0.3 is 0 Å². The lowest BCUT2D eigenvalue weighted by Gasteiger charge is -2.15. The number of carboxylic acids is 1. The Morgan fingerprint density at radius 3 is 2.61 bits per heavy atom. The molecule has 1 fully saturated rings. The zero-order valence-electron chi connectivity index (χ0n) is 11.6. The van der Waals surface area contributed by atoms with E-state index in [0.717, 1.165) is 5.56 Å². The van der Waals surface area contributed by atoms with Crippen LogP contribution >= 0.6 is 24.0 Å². The van der Waals surface area contributed by atoms with E-state index in [9.17, 15) is 14.7 Å². The molecule has 7 heteroatoms. The van der Waals surface area contributed by atoms with E-state index in [1.165, 1.54) is 40.9 Å². The van der Waals surface area contributed by atoms with Crippen LogP contribution in [0.2, 0.25) is 0 Å². The molecule has 1 aliphatic rings. The lowest BCUT2D eigenvalue weighted by atomic mass is 10.2. The van der Waals surface area contributed by atoms with Gasteiger partial charge in [-0.3, -0.25) is 14.7 Å². The lowest BCUT2D eigenvalue weighted by molar-refractivity contribution is -0.255. The van der Waals surface area contributed by atoms with E-state index in [1.807, 2.05) is 6.07 Å². The molecule has 0 bridgehead atoms. The molecule has 0 radical (unpaired) electrons. The number of aromatic carboxylic acids is 1. The number of carbonyl (C=O) groups excluding carboxylic acids is 2. The number of thiocarbonyl (C=S) groups is 1. The zero-order chi connectivity index (χ0) is 16.4. The van der Waals surface area contributed by atoms with Crippen molar-refractivity contribution in [1.29, 1.82) is 0 Å². The van der Waals surface area contributed by atoms with Crippen molar-refractivity contribution >= 4 is 51.9 Å². The number of rotatable bonds is 3. The van der Waals surface area contributed by atoms with Crippen LogP contribution in [-0.4, -0.2) is 21.2 Å². The molecule has 114 valence electrons. The third kappa shape index (κ3) is 3.15. The van der Waals surface area contributed by atoms with E-state index >= 15 is 0 Å². The van der Waals surface area contributed by atoms with Crippen LogP contribution < -0.4 is 10.0 Å². The van der Waals surface area contributed by atoms with Crippen LogP contribution in [-0.2, 0) is 4.79 Å². The van der Waals surface area contributed by atoms with Crippen molar-refractivity contribution in [1.82, 2.24) is 4.98 Å². The van der Waals surface area contributed by atoms with Crippen LogP contribution in [0.3, 0.4) is 0 Å². The predicted molar refractivity (Wildman–Crippen MR) is 90.7 cm³/mol. The number of hydrogen-bond acceptors (Lipinski definition) is 6. The van der Waals surface area contributed by atoms with Gasteiger partial charge < -0.3 is 9.90 Å². The highest BCUT2D eigenvalue weighted by atomic mass is 32.2. The fourth-order valence-electron chi connectivity index (χ4n) is 2.05. The Bertz CT molecular complexity index is 817. The van der Waals surface area contributed by atoms with Gasteiger partial charge in [0.1, 0.15) is 0 Å². The summed E-state index contributed by atoms with van der Waals surface area (Å²) < 4.78 is 0.395. The van der Waals surface area contributed by atoms with Gasteiger partial charge in [0.2, 0.25) is 0 Å². The van der Waals surface area contributed by atoms with Gasteiger partial charge in [-0.15, -0.1) is 0 Å². The predicted octanol–water partition coefficient (Wildman–Crippen LogP) is 1.85. The average molecular weight is 341 g/mol. The van der Waals surface area contributed by atoms with E-state index in [-0.39, 0.29) is 11.5 Å². The van der Waals surface area contributed by atoms with Crippen LogP contribution in [0, 0.1) is 0 Å². The molecule has 23 heavy (non-hydrogen) atoms. The maximum atomic E-state index is 12.5. The van der Waals surface area contributed by atoms with Crippen LogP contribution in [0.25, 0.3) is 6.08 Å². The normalized spacial score (nSPS) is 16.2. The molecule has 1 amide bonds. The van der Waals surface area contributed by atoms with E-state index in [1.54, 1.807) is 24.5 Å². The summed E-state index contributed by atoms with van der Waals surface area (Å²) in [6.45, 7) is 0. The summed E-state index contributed by atoms with van der Waals surface area (Å²) in [4.78, 5) is 29.2. The number of hydrogen-bond donors (Lipinski definition) is 0. The monoisotopic (exact) mass is 341 g/mol. The van der Waals surface area contributed by atoms with Crippen LogP contribution in [0.15, 0.2) is 53.7 Å². The van der Waals surface area contributed by atoms with Crippen LogP contribution in [0.1, 0.15) is 15.9 Å². The Morgan fingerprint density at radius 2 is 2.00 bits per heavy atom. The van der Waals surface area contributed by atoms with Crippen molar-refractivity contribution in [2.75, 3.05) is 4.90 Å². The van der Waals surface area contributed by atoms with Gasteiger partial charge in [0.15, 0.2) is 4.32 Å². The minimum absolute atomic E-state index is 0.0464. The largest absolute Gasteiger partial charge is 0.545 e. The second kappa shape index (κ2) is 6.31. The van der Waals surface area contributed by atoms with E-state index < -0.39 is 5.97 Å². The van der Waals surface area contributed by atoms with Gasteiger partial charge in [-0.1, -0.05) is 42.2 Å². The van der Waals surface area contributed by atoms with E-state index in [2.05, 4.69) is 4.98 Å². The first kappa shape index (κ1) is 15.4. The summed E-state index contributed by atoms with van der Waals surface area (Å²) >= 11 is 6.45. The third-order valence-electron chi connectivity index (χ3n) is 3.14. The van der Waals surface area contributed by atoms with Crippen molar-refractivity contribution in [3.8, 4) is 0 Å². The fourth-order valence-corrected chi connectivity index (χ4v) is 3.35. The van der Waals surface area contributed by atoms with Gasteiger partial charge in [0.05, 0.1) is 16.6 Å².